The van der Waals surface area contributed by atoms with Crippen LogP contribution in [0.25, 0.3) is 16.1 Å². The Bertz CT molecular complexity index is 1350. The van der Waals surface area contributed by atoms with Crippen LogP contribution in [0.2, 0.25) is 0 Å². The van der Waals surface area contributed by atoms with Crippen molar-refractivity contribution >= 4 is 28.9 Å². The highest BCUT2D eigenvalue weighted by molar-refractivity contribution is 7.15. The number of carbonyl (C=O) groups is 1. The van der Waals surface area contributed by atoms with Crippen LogP contribution in [0.4, 0.5) is 10.6 Å². The van der Waals surface area contributed by atoms with E-state index in [-0.39, 0.29) is 18.2 Å². The summed E-state index contributed by atoms with van der Waals surface area (Å²) in [5, 5.41) is 9.40. The molecule has 10 heteroatoms. The maximum Gasteiger partial charge on any atom is 0.410 e. The van der Waals surface area contributed by atoms with Crippen LogP contribution in [0, 0.1) is 19.8 Å². The van der Waals surface area contributed by atoms with Crippen molar-refractivity contribution < 1.29 is 19.0 Å². The summed E-state index contributed by atoms with van der Waals surface area (Å²) in [5.41, 5.74) is 3.66. The van der Waals surface area contributed by atoms with Crippen LogP contribution < -0.4 is 10.1 Å². The van der Waals surface area contributed by atoms with Gasteiger partial charge in [0.15, 0.2) is 6.23 Å². The second-order valence-corrected chi connectivity index (χ2v) is 12.2. The molecule has 1 amide bonds. The van der Waals surface area contributed by atoms with E-state index in [4.69, 9.17) is 19.3 Å². The number of hydrogen-bond acceptors (Lipinski definition) is 8. The van der Waals surface area contributed by atoms with Gasteiger partial charge in [-0.25, -0.2) is 14.5 Å². The van der Waals surface area contributed by atoms with Gasteiger partial charge < -0.3 is 24.4 Å². The lowest BCUT2D eigenvalue weighted by atomic mass is 9.92. The highest BCUT2D eigenvalue weighted by Crippen LogP contribution is 2.41. The number of likely N-dealkylation sites (tertiary alicyclic amines) is 1. The Morgan fingerprint density at radius 1 is 1.15 bits per heavy atom. The first-order valence-electron chi connectivity index (χ1n) is 13.3. The van der Waals surface area contributed by atoms with E-state index in [9.17, 15) is 4.79 Å². The molecule has 2 aromatic heterocycles. The van der Waals surface area contributed by atoms with E-state index in [0.29, 0.717) is 19.7 Å². The number of amides is 1. The van der Waals surface area contributed by atoms with Gasteiger partial charge in [0.1, 0.15) is 17.2 Å². The molecular weight excluding hydrogens is 514 g/mol. The second kappa shape index (κ2) is 11.0. The SMILES string of the molecule is COc1ccc(COC2C=C(C3CCN(C(=O)OC(C)(C)C)CC3)n3ncc(-c4sc(C)nc4C)c3N2)cc1. The lowest BCUT2D eigenvalue weighted by molar-refractivity contribution is 0.0197. The second-order valence-electron chi connectivity index (χ2n) is 11.0. The summed E-state index contributed by atoms with van der Waals surface area (Å²) < 4.78 is 19.2. The summed E-state index contributed by atoms with van der Waals surface area (Å²) in [4.78, 5) is 20.2. The number of benzene rings is 1. The van der Waals surface area contributed by atoms with E-state index in [0.717, 1.165) is 56.8 Å². The maximum atomic E-state index is 12.6. The van der Waals surface area contributed by atoms with Gasteiger partial charge in [-0.15, -0.1) is 11.3 Å². The van der Waals surface area contributed by atoms with Crippen LogP contribution in [0.3, 0.4) is 0 Å². The number of piperidine rings is 1. The average Bonchev–Trinajstić information content (AvgIpc) is 3.48. The van der Waals surface area contributed by atoms with Gasteiger partial charge >= 0.3 is 6.09 Å². The number of nitrogens with zero attached hydrogens (tertiary/aromatic N) is 4. The number of thiazole rings is 1. The van der Waals surface area contributed by atoms with E-state index < -0.39 is 5.60 Å². The van der Waals surface area contributed by atoms with Crippen molar-refractivity contribution in [1.29, 1.82) is 0 Å². The number of allylic oxidation sites excluding steroid dienone is 1. The topological polar surface area (TPSA) is 90.7 Å². The van der Waals surface area contributed by atoms with Crippen LogP contribution >= 0.6 is 11.3 Å². The zero-order valence-electron chi connectivity index (χ0n) is 23.5. The zero-order valence-corrected chi connectivity index (χ0v) is 24.3. The molecule has 9 nitrogen and oxygen atoms in total. The molecule has 4 heterocycles. The molecule has 3 aromatic rings. The molecule has 0 saturated carbocycles. The van der Waals surface area contributed by atoms with Crippen molar-refractivity contribution in [3.63, 3.8) is 0 Å². The quantitative estimate of drug-likeness (QED) is 0.397. The molecule has 1 N–H and O–H groups in total. The largest absolute Gasteiger partial charge is 0.497 e. The number of rotatable bonds is 6. The summed E-state index contributed by atoms with van der Waals surface area (Å²) in [5.74, 6) is 1.96. The van der Waals surface area contributed by atoms with E-state index in [2.05, 4.69) is 16.4 Å². The van der Waals surface area contributed by atoms with Gasteiger partial charge in [0, 0.05) is 24.7 Å². The molecule has 1 saturated heterocycles. The highest BCUT2D eigenvalue weighted by atomic mass is 32.1. The molecule has 0 aliphatic carbocycles. The lowest BCUT2D eigenvalue weighted by Gasteiger charge is -2.36. The van der Waals surface area contributed by atoms with E-state index in [1.54, 1.807) is 23.3 Å². The normalized spacial score (nSPS) is 17.8. The van der Waals surface area contributed by atoms with E-state index >= 15 is 0 Å². The van der Waals surface area contributed by atoms with Gasteiger partial charge in [-0.1, -0.05) is 12.1 Å². The Balaban J connectivity index is 1.38. The average molecular weight is 552 g/mol. The number of ether oxygens (including phenoxy) is 3. The van der Waals surface area contributed by atoms with Crippen molar-refractivity contribution in [2.75, 3.05) is 25.5 Å². The molecule has 1 atom stereocenters. The van der Waals surface area contributed by atoms with Crippen molar-refractivity contribution in [3.8, 4) is 16.2 Å². The number of aromatic nitrogens is 3. The number of hydrogen-bond donors (Lipinski definition) is 1. The van der Waals surface area contributed by atoms with E-state index in [1.807, 2.05) is 69.8 Å². The third-order valence-electron chi connectivity index (χ3n) is 6.92. The summed E-state index contributed by atoms with van der Waals surface area (Å²) in [7, 11) is 1.66. The smallest absolute Gasteiger partial charge is 0.410 e. The predicted molar refractivity (Wildman–Crippen MR) is 153 cm³/mol. The molecule has 2 aliphatic heterocycles. The van der Waals surface area contributed by atoms with Gasteiger partial charge in [0.2, 0.25) is 0 Å². The van der Waals surface area contributed by atoms with Gasteiger partial charge in [0.05, 0.1) is 41.1 Å². The Hall–Kier alpha value is -3.37. The molecule has 0 spiro atoms. The molecule has 5 rings (SSSR count). The molecular formula is C29H37N5O4S. The lowest BCUT2D eigenvalue weighted by Crippen LogP contribution is -2.42. The van der Waals surface area contributed by atoms with Crippen LogP contribution in [0.15, 0.2) is 36.5 Å². The minimum Gasteiger partial charge on any atom is -0.497 e. The maximum absolute atomic E-state index is 12.6. The zero-order chi connectivity index (χ0) is 27.7. The Labute approximate surface area is 233 Å². The highest BCUT2D eigenvalue weighted by Gasteiger charge is 2.33. The molecule has 0 bridgehead atoms. The molecule has 1 fully saturated rings. The van der Waals surface area contributed by atoms with Gasteiger partial charge in [-0.05, 0) is 71.2 Å². The molecule has 1 unspecified atom stereocenters. The fourth-order valence-corrected chi connectivity index (χ4v) is 5.95. The van der Waals surface area contributed by atoms with Gasteiger partial charge in [0.25, 0.3) is 0 Å². The van der Waals surface area contributed by atoms with E-state index in [1.165, 1.54) is 0 Å². The van der Waals surface area contributed by atoms with Crippen molar-refractivity contribution in [1.82, 2.24) is 19.7 Å². The molecule has 0 radical (unpaired) electrons. The first-order chi connectivity index (χ1) is 18.6. The summed E-state index contributed by atoms with van der Waals surface area (Å²) in [6.45, 7) is 11.5. The first-order valence-corrected chi connectivity index (χ1v) is 14.2. The Morgan fingerprint density at radius 2 is 1.87 bits per heavy atom. The van der Waals surface area contributed by atoms with Crippen LogP contribution in [-0.2, 0) is 16.1 Å². The molecule has 1 aromatic carbocycles. The third-order valence-corrected chi connectivity index (χ3v) is 8.02. The number of methoxy groups -OCH3 is 1. The number of aryl methyl sites for hydroxylation is 2. The third kappa shape index (κ3) is 6.12. The van der Waals surface area contributed by atoms with Crippen LogP contribution in [-0.4, -0.2) is 57.8 Å². The van der Waals surface area contributed by atoms with Crippen molar-refractivity contribution in [2.45, 2.75) is 65.9 Å². The fraction of sp³-hybridized carbons (Fsp3) is 0.483. The standard InChI is InChI=1S/C29H37N5O4S/c1-18-26(39-19(2)31-18)23-16-30-34-24(21-11-13-33(14-12-21)28(35)38-29(3,4)5)15-25(32-27(23)34)37-17-20-7-9-22(36-6)10-8-20/h7-10,15-16,21,25,32H,11-14,17H2,1-6H3. The van der Waals surface area contributed by atoms with Gasteiger partial charge in [-0.3, -0.25) is 0 Å². The molecule has 39 heavy (non-hydrogen) atoms. The monoisotopic (exact) mass is 551 g/mol. The Morgan fingerprint density at radius 3 is 2.49 bits per heavy atom. The fourth-order valence-electron chi connectivity index (χ4n) is 5.02. The first kappa shape index (κ1) is 27.2. The summed E-state index contributed by atoms with van der Waals surface area (Å²) in [6.07, 6.45) is 5.11. The minimum absolute atomic E-state index is 0.230. The molecule has 2 aliphatic rings. The number of anilines is 1. The van der Waals surface area contributed by atoms with Crippen molar-refractivity contribution in [3.05, 3.63) is 52.8 Å². The number of nitrogens with one attached hydrogen (secondary N) is 1. The number of fused-ring (bicyclic) bond motifs is 1. The molecule has 208 valence electrons. The number of carbonyl (C=O) groups excluding carboxylic acids is 1. The predicted octanol–water partition coefficient (Wildman–Crippen LogP) is 6.09. The van der Waals surface area contributed by atoms with Crippen LogP contribution in [0.1, 0.15) is 49.9 Å². The minimum atomic E-state index is -0.507. The van der Waals surface area contributed by atoms with Crippen molar-refractivity contribution in [2.24, 2.45) is 5.92 Å². The van der Waals surface area contributed by atoms with Crippen LogP contribution in [0.5, 0.6) is 5.75 Å². The van der Waals surface area contributed by atoms with Gasteiger partial charge in [-0.2, -0.15) is 5.10 Å². The Kier molecular flexibility index (Phi) is 7.68. The summed E-state index contributed by atoms with van der Waals surface area (Å²) >= 11 is 1.67. The summed E-state index contributed by atoms with van der Waals surface area (Å²) in [6, 6.07) is 7.90.